The fourth-order valence-corrected chi connectivity index (χ4v) is 6.45. The maximum atomic E-state index is 13.1. The van der Waals surface area contributed by atoms with Crippen LogP contribution in [0.5, 0.6) is 0 Å². The van der Waals surface area contributed by atoms with Crippen LogP contribution >= 0.6 is 0 Å². The molecule has 3 aliphatic heterocycles. The van der Waals surface area contributed by atoms with Crippen LogP contribution in [0.4, 0.5) is 23.0 Å². The summed E-state index contributed by atoms with van der Waals surface area (Å²) in [5, 5.41) is 0. The van der Waals surface area contributed by atoms with Gasteiger partial charge in [0, 0.05) is 11.8 Å². The average molecular weight is 697 g/mol. The lowest BCUT2D eigenvalue weighted by atomic mass is 9.78. The highest BCUT2D eigenvalue weighted by atomic mass is 16.7. The van der Waals surface area contributed by atoms with Crippen molar-refractivity contribution in [1.82, 2.24) is 29.9 Å². The maximum absolute atomic E-state index is 13.1. The van der Waals surface area contributed by atoms with Crippen LogP contribution in [0.2, 0.25) is 0 Å². The van der Waals surface area contributed by atoms with Crippen molar-refractivity contribution in [3.05, 3.63) is 102 Å². The van der Waals surface area contributed by atoms with E-state index in [1.807, 2.05) is 105 Å². The molecule has 5 aromatic rings. The molecule has 0 saturated carbocycles. The van der Waals surface area contributed by atoms with Gasteiger partial charge in [0.05, 0.1) is 76.3 Å². The Balaban J connectivity index is 0.000000162. The van der Waals surface area contributed by atoms with E-state index >= 15 is 0 Å². The van der Waals surface area contributed by atoms with Crippen molar-refractivity contribution < 1.29 is 18.9 Å². The highest BCUT2D eigenvalue weighted by molar-refractivity contribution is 6.62. The maximum Gasteiger partial charge on any atom is 0.494 e. The minimum absolute atomic E-state index is 0.00998. The van der Waals surface area contributed by atoms with Crippen molar-refractivity contribution in [3.63, 3.8) is 0 Å². The van der Waals surface area contributed by atoms with Gasteiger partial charge < -0.3 is 9.31 Å². The molecule has 0 bridgehead atoms. The van der Waals surface area contributed by atoms with Crippen molar-refractivity contribution in [2.45, 2.75) is 85.4 Å². The van der Waals surface area contributed by atoms with Gasteiger partial charge in [0.25, 0.3) is 0 Å². The summed E-state index contributed by atoms with van der Waals surface area (Å²) in [5.74, 6) is 1.75. The number of amides is 2. The molecular weight excluding hydrogens is 655 g/mol. The van der Waals surface area contributed by atoms with Gasteiger partial charge in [-0.3, -0.25) is 29.4 Å². The second kappa shape index (κ2) is 12.7. The van der Waals surface area contributed by atoms with Gasteiger partial charge in [0.1, 0.15) is 5.82 Å². The van der Waals surface area contributed by atoms with E-state index < -0.39 is 23.7 Å². The molecule has 0 spiro atoms. The van der Waals surface area contributed by atoms with Gasteiger partial charge in [-0.2, -0.15) is 0 Å². The Kier molecular flexibility index (Phi) is 8.54. The molecular formula is C39H41BN8O4. The van der Waals surface area contributed by atoms with Crippen LogP contribution in [0.1, 0.15) is 69.9 Å². The van der Waals surface area contributed by atoms with Crippen LogP contribution in [-0.4, -0.2) is 60.0 Å². The first-order valence-electron chi connectivity index (χ1n) is 17.2. The smallest absolute Gasteiger partial charge is 0.399 e. The molecule has 3 aliphatic rings. The van der Waals surface area contributed by atoms with Gasteiger partial charge in [-0.05, 0) is 97.1 Å². The molecule has 6 heterocycles. The topological polar surface area (TPSA) is 136 Å². The van der Waals surface area contributed by atoms with Crippen molar-refractivity contribution in [2.24, 2.45) is 0 Å². The molecule has 13 heteroatoms. The fraction of sp³-hybridized carbons (Fsp3) is 0.333. The molecule has 1 fully saturated rings. The molecule has 2 amide bonds. The lowest BCUT2D eigenvalue weighted by Crippen LogP contribution is -2.41. The number of carbonyl (C=O) groups is 2. The third-order valence-electron chi connectivity index (χ3n) is 10.2. The summed E-state index contributed by atoms with van der Waals surface area (Å²) in [6.07, 6.45) is 8.70. The second-order valence-corrected chi connectivity index (χ2v) is 14.9. The van der Waals surface area contributed by atoms with Gasteiger partial charge in [0.2, 0.25) is 11.8 Å². The summed E-state index contributed by atoms with van der Waals surface area (Å²) in [7, 11) is -0.466. The van der Waals surface area contributed by atoms with Crippen molar-refractivity contribution in [3.8, 4) is 11.3 Å². The molecule has 52 heavy (non-hydrogen) atoms. The predicted octanol–water partition coefficient (Wildman–Crippen LogP) is 5.81. The summed E-state index contributed by atoms with van der Waals surface area (Å²) in [6, 6.07) is 13.8. The number of anilines is 4. The van der Waals surface area contributed by atoms with E-state index in [0.717, 1.165) is 50.6 Å². The number of hydrogen-bond acceptors (Lipinski definition) is 10. The first-order chi connectivity index (χ1) is 24.6. The Bertz CT molecular complexity index is 2190. The highest BCUT2D eigenvalue weighted by Gasteiger charge is 2.52. The molecule has 0 N–H and O–H groups in total. The molecule has 264 valence electrons. The van der Waals surface area contributed by atoms with Crippen LogP contribution < -0.4 is 15.3 Å². The third kappa shape index (κ3) is 6.13. The molecule has 2 aromatic carbocycles. The molecule has 1 saturated heterocycles. The Morgan fingerprint density at radius 3 is 1.92 bits per heavy atom. The van der Waals surface area contributed by atoms with Crippen LogP contribution in [0.15, 0.2) is 73.4 Å². The van der Waals surface area contributed by atoms with Gasteiger partial charge in [-0.25, -0.2) is 19.9 Å². The zero-order chi connectivity index (χ0) is 37.2. The third-order valence-corrected chi connectivity index (χ3v) is 10.2. The normalized spacial score (nSPS) is 17.9. The molecule has 0 atom stereocenters. The Labute approximate surface area is 303 Å². The van der Waals surface area contributed by atoms with Crippen LogP contribution in [-0.2, 0) is 30.7 Å². The number of fused-ring (bicyclic) bond motifs is 2. The van der Waals surface area contributed by atoms with Gasteiger partial charge in [-0.1, -0.05) is 24.3 Å². The van der Waals surface area contributed by atoms with E-state index in [4.69, 9.17) is 9.31 Å². The van der Waals surface area contributed by atoms with E-state index in [1.54, 1.807) is 40.8 Å². The summed E-state index contributed by atoms with van der Waals surface area (Å²) in [6.45, 7) is 17.6. The number of hydrogen-bond donors (Lipinski definition) is 0. The second-order valence-electron chi connectivity index (χ2n) is 14.9. The molecule has 0 unspecified atom stereocenters. The summed E-state index contributed by atoms with van der Waals surface area (Å²) in [4.78, 5) is 54.9. The van der Waals surface area contributed by atoms with Crippen LogP contribution in [0, 0.1) is 20.8 Å². The molecule has 3 aromatic heterocycles. The quantitative estimate of drug-likeness (QED) is 0.212. The van der Waals surface area contributed by atoms with Crippen LogP contribution in [0.25, 0.3) is 11.3 Å². The Hall–Kier alpha value is -5.40. The number of aryl methyl sites for hydroxylation is 3. The van der Waals surface area contributed by atoms with Crippen molar-refractivity contribution in [1.29, 1.82) is 0 Å². The van der Waals surface area contributed by atoms with E-state index in [-0.39, 0.29) is 11.8 Å². The Morgan fingerprint density at radius 1 is 0.692 bits per heavy atom. The van der Waals surface area contributed by atoms with Crippen LogP contribution in [0.3, 0.4) is 0 Å². The lowest BCUT2D eigenvalue weighted by Gasteiger charge is -2.32. The summed E-state index contributed by atoms with van der Waals surface area (Å²) >= 11 is 0. The number of nitrogens with zero attached hydrogens (tertiary/aromatic N) is 8. The molecule has 0 aliphatic carbocycles. The monoisotopic (exact) mass is 696 g/mol. The largest absolute Gasteiger partial charge is 0.494 e. The average Bonchev–Trinajstić information content (AvgIpc) is 3.62. The van der Waals surface area contributed by atoms with Crippen molar-refractivity contribution in [2.75, 3.05) is 9.80 Å². The zero-order valence-electron chi connectivity index (χ0n) is 30.9. The van der Waals surface area contributed by atoms with Gasteiger partial charge in [-0.15, -0.1) is 0 Å². The first kappa shape index (κ1) is 35.0. The summed E-state index contributed by atoms with van der Waals surface area (Å²) < 4.78 is 12.3. The zero-order valence-corrected chi connectivity index (χ0v) is 30.9. The predicted molar refractivity (Wildman–Crippen MR) is 199 cm³/mol. The molecule has 0 radical (unpaired) electrons. The number of aromatic nitrogens is 6. The van der Waals surface area contributed by atoms with E-state index in [9.17, 15) is 9.59 Å². The summed E-state index contributed by atoms with van der Waals surface area (Å²) in [5.41, 5.74) is 6.42. The standard InChI is InChI=1S/C20H19N5O.C19H22BN3O3/c1-12-10-23-18(11-22-12)25-17-9-14(16-7-8-21-13(2)24-16)5-6-15(17)20(3,4)19(25)26;1-12-10-22-16(11-21-12)23-15-9-14(7-6-13(15)8-17(23)24)20-25-18(2,3)19(4,5)26-20/h5-11H,1-4H3;6-7,9-11H,8H2,1-5H3. The first-order valence-corrected chi connectivity index (χ1v) is 17.2. The highest BCUT2D eigenvalue weighted by Crippen LogP contribution is 2.46. The minimum Gasteiger partial charge on any atom is -0.399 e. The van der Waals surface area contributed by atoms with E-state index in [2.05, 4.69) is 29.9 Å². The number of rotatable bonds is 4. The van der Waals surface area contributed by atoms with Crippen molar-refractivity contribution >= 4 is 47.4 Å². The fourth-order valence-electron chi connectivity index (χ4n) is 6.45. The van der Waals surface area contributed by atoms with E-state index in [1.165, 1.54) is 0 Å². The number of carbonyl (C=O) groups excluding carboxylic acids is 2. The van der Waals surface area contributed by atoms with E-state index in [0.29, 0.717) is 23.9 Å². The molecule has 12 nitrogen and oxygen atoms in total. The molecule has 8 rings (SSSR count). The SMILES string of the molecule is Cc1cnc(N2C(=O)C(C)(C)c3ccc(-c4ccnc(C)n4)cc32)cn1.Cc1cnc(N2C(=O)Cc3ccc(B4OC(C)(C)C(C)(C)O4)cc32)cn1. The number of benzene rings is 2. The lowest BCUT2D eigenvalue weighted by molar-refractivity contribution is -0.121. The minimum atomic E-state index is -0.623. The Morgan fingerprint density at radius 2 is 1.33 bits per heavy atom. The van der Waals surface area contributed by atoms with Gasteiger partial charge in [0.15, 0.2) is 11.6 Å². The van der Waals surface area contributed by atoms with Gasteiger partial charge >= 0.3 is 7.12 Å².